The highest BCUT2D eigenvalue weighted by atomic mass is 79.9. The minimum atomic E-state index is -4.59. The first-order valence-electron chi connectivity index (χ1n) is 8.80. The molecule has 0 radical (unpaired) electrons. The van der Waals surface area contributed by atoms with Crippen molar-refractivity contribution in [3.63, 3.8) is 0 Å². The van der Waals surface area contributed by atoms with Gasteiger partial charge in [-0.2, -0.15) is 26.3 Å². The number of carbonyl (C=O) groups excluding carboxylic acids is 1. The molecule has 2 heterocycles. The van der Waals surface area contributed by atoms with Crippen LogP contribution in [0.4, 0.5) is 37.7 Å². The number of hydrogen-bond acceptors (Lipinski definition) is 7. The number of carboxylic acids is 1. The van der Waals surface area contributed by atoms with Crippen LogP contribution in [0.1, 0.15) is 56.6 Å². The van der Waals surface area contributed by atoms with E-state index < -0.39 is 51.4 Å². The van der Waals surface area contributed by atoms with Gasteiger partial charge in [0, 0.05) is 5.92 Å². The van der Waals surface area contributed by atoms with Crippen molar-refractivity contribution in [2.45, 2.75) is 31.1 Å². The largest absolute Gasteiger partial charge is 0.476 e. The van der Waals surface area contributed by atoms with E-state index in [0.717, 1.165) is 7.11 Å². The van der Waals surface area contributed by atoms with Crippen molar-refractivity contribution >= 4 is 39.2 Å². The molecular weight excluding hydrogens is 530 g/mol. The molecule has 33 heavy (non-hydrogen) atoms. The average Bonchev–Trinajstić information content (AvgIpc) is 3.52. The van der Waals surface area contributed by atoms with Crippen LogP contribution in [-0.4, -0.2) is 34.1 Å². The molecule has 0 saturated heterocycles. The SMILES string of the molecule is COC(=O)c1nc(Br)c(C(F)(F)F)cc1N.Nc1cc(C(F)(F)F)c(C2CC2)nc1C(=O)O. The summed E-state index contributed by atoms with van der Waals surface area (Å²) in [4.78, 5) is 28.8. The summed E-state index contributed by atoms with van der Waals surface area (Å²) in [6.45, 7) is 0. The van der Waals surface area contributed by atoms with Crippen LogP contribution in [-0.2, 0) is 17.1 Å². The van der Waals surface area contributed by atoms with Gasteiger partial charge in [-0.3, -0.25) is 0 Å². The van der Waals surface area contributed by atoms with Crippen LogP contribution in [0, 0.1) is 0 Å². The number of pyridine rings is 2. The number of alkyl halides is 6. The summed E-state index contributed by atoms with van der Waals surface area (Å²) in [5.74, 6) is -2.62. The van der Waals surface area contributed by atoms with Gasteiger partial charge in [-0.05, 0) is 40.9 Å². The molecule has 1 saturated carbocycles. The van der Waals surface area contributed by atoms with Gasteiger partial charge in [0.2, 0.25) is 0 Å². The highest BCUT2D eigenvalue weighted by molar-refractivity contribution is 9.10. The first kappa shape index (κ1) is 26.2. The Balaban J connectivity index is 0.000000234. The van der Waals surface area contributed by atoms with Crippen molar-refractivity contribution in [2.75, 3.05) is 18.6 Å². The van der Waals surface area contributed by atoms with Crippen LogP contribution in [0.15, 0.2) is 16.7 Å². The van der Waals surface area contributed by atoms with Crippen LogP contribution in [0.3, 0.4) is 0 Å². The van der Waals surface area contributed by atoms with Crippen LogP contribution in [0.5, 0.6) is 0 Å². The van der Waals surface area contributed by atoms with Gasteiger partial charge in [0.25, 0.3) is 0 Å². The lowest BCUT2D eigenvalue weighted by Gasteiger charge is -2.13. The highest BCUT2D eigenvalue weighted by Crippen LogP contribution is 2.45. The Bertz CT molecular complexity index is 1090. The van der Waals surface area contributed by atoms with Crippen LogP contribution in [0.25, 0.3) is 0 Å². The lowest BCUT2D eigenvalue weighted by atomic mass is 10.1. The molecule has 1 aliphatic carbocycles. The molecule has 0 atom stereocenters. The smallest absolute Gasteiger partial charge is 0.419 e. The predicted octanol–water partition coefficient (Wildman–Crippen LogP) is 4.49. The summed E-state index contributed by atoms with van der Waals surface area (Å²) >= 11 is 2.62. The van der Waals surface area contributed by atoms with Crippen LogP contribution < -0.4 is 11.5 Å². The van der Waals surface area contributed by atoms with Gasteiger partial charge in [-0.1, -0.05) is 0 Å². The summed E-state index contributed by atoms with van der Waals surface area (Å²) < 4.78 is 79.1. The number of esters is 1. The number of anilines is 2. The van der Waals surface area contributed by atoms with E-state index in [1.54, 1.807) is 0 Å². The molecule has 1 fully saturated rings. The van der Waals surface area contributed by atoms with Gasteiger partial charge in [0.1, 0.15) is 4.60 Å². The molecule has 180 valence electrons. The molecule has 15 heteroatoms. The molecule has 8 nitrogen and oxygen atoms in total. The number of hydrogen-bond donors (Lipinski definition) is 3. The Morgan fingerprint density at radius 1 is 1.00 bits per heavy atom. The molecule has 2 aromatic heterocycles. The standard InChI is InChI=1S/C10H9F3N2O2.C8H6BrF3N2O2/c11-10(12,13)5-3-6(14)8(9(16)17)15-7(5)4-1-2-4;1-16-7(15)5-4(13)2-3(6(9)14-5)8(10,11)12/h3-4H,1-2,14H2,(H,16,17);2H,13H2,1H3. The second-order valence-corrected chi connectivity index (χ2v) is 7.44. The van der Waals surface area contributed by atoms with Crippen molar-refractivity contribution in [2.24, 2.45) is 0 Å². The number of nitrogens with zero attached hydrogens (tertiary/aromatic N) is 2. The van der Waals surface area contributed by atoms with E-state index in [2.05, 4.69) is 30.6 Å². The van der Waals surface area contributed by atoms with E-state index in [4.69, 9.17) is 16.6 Å². The third-order valence-electron chi connectivity index (χ3n) is 4.24. The number of nitrogen functional groups attached to an aromatic ring is 2. The lowest BCUT2D eigenvalue weighted by molar-refractivity contribution is -0.139. The molecule has 0 aliphatic heterocycles. The molecule has 0 spiro atoms. The number of aromatic carboxylic acids is 1. The van der Waals surface area contributed by atoms with E-state index in [1.807, 2.05) is 0 Å². The van der Waals surface area contributed by atoms with Gasteiger partial charge in [-0.15, -0.1) is 0 Å². The molecule has 0 bridgehead atoms. The number of ether oxygens (including phenoxy) is 1. The van der Waals surface area contributed by atoms with Gasteiger partial charge >= 0.3 is 24.3 Å². The fraction of sp³-hybridized carbons (Fsp3) is 0.333. The predicted molar refractivity (Wildman–Crippen MR) is 105 cm³/mol. The molecule has 1 aliphatic rings. The maximum atomic E-state index is 12.7. The number of aromatic nitrogens is 2. The summed E-state index contributed by atoms with van der Waals surface area (Å²) in [5.41, 5.74) is 6.64. The Morgan fingerprint density at radius 3 is 1.91 bits per heavy atom. The Labute approximate surface area is 190 Å². The number of methoxy groups -OCH3 is 1. The van der Waals surface area contributed by atoms with Gasteiger partial charge < -0.3 is 21.3 Å². The first-order chi connectivity index (χ1) is 15.1. The van der Waals surface area contributed by atoms with Crippen LogP contribution >= 0.6 is 15.9 Å². The van der Waals surface area contributed by atoms with Crippen molar-refractivity contribution in [1.29, 1.82) is 0 Å². The van der Waals surface area contributed by atoms with E-state index in [-0.39, 0.29) is 23.0 Å². The average molecular weight is 545 g/mol. The fourth-order valence-corrected chi connectivity index (χ4v) is 3.09. The number of nitrogens with two attached hydrogens (primary N) is 2. The fourth-order valence-electron chi connectivity index (χ4n) is 2.57. The van der Waals surface area contributed by atoms with Crippen molar-refractivity contribution in [1.82, 2.24) is 9.97 Å². The second kappa shape index (κ2) is 9.41. The topological polar surface area (TPSA) is 141 Å². The van der Waals surface area contributed by atoms with Crippen molar-refractivity contribution in [3.05, 3.63) is 44.9 Å². The molecule has 2 aromatic rings. The number of carbonyl (C=O) groups is 2. The maximum Gasteiger partial charge on any atom is 0.419 e. The minimum Gasteiger partial charge on any atom is -0.476 e. The van der Waals surface area contributed by atoms with Gasteiger partial charge in [0.15, 0.2) is 11.4 Å². The molecule has 0 unspecified atom stereocenters. The van der Waals surface area contributed by atoms with E-state index >= 15 is 0 Å². The zero-order valence-corrected chi connectivity index (χ0v) is 18.1. The zero-order valence-electron chi connectivity index (χ0n) is 16.5. The van der Waals surface area contributed by atoms with Gasteiger partial charge in [0.05, 0.1) is 35.3 Å². The lowest BCUT2D eigenvalue weighted by Crippen LogP contribution is -2.15. The summed E-state index contributed by atoms with van der Waals surface area (Å²) in [6, 6.07) is 1.29. The summed E-state index contributed by atoms with van der Waals surface area (Å²) in [6.07, 6.45) is -7.96. The van der Waals surface area contributed by atoms with Crippen LogP contribution in [0.2, 0.25) is 0 Å². The third kappa shape index (κ3) is 6.24. The number of carboxylic acid groups (broad SMARTS) is 1. The Kier molecular flexibility index (Phi) is 7.46. The highest BCUT2D eigenvalue weighted by Gasteiger charge is 2.40. The molecular formula is C18H15BrF6N4O4. The Morgan fingerprint density at radius 2 is 1.48 bits per heavy atom. The quantitative estimate of drug-likeness (QED) is 0.291. The maximum absolute atomic E-state index is 12.7. The molecule has 3 rings (SSSR count). The molecule has 0 amide bonds. The van der Waals surface area contributed by atoms with E-state index in [0.29, 0.717) is 25.0 Å². The summed E-state index contributed by atoms with van der Waals surface area (Å²) in [7, 11) is 1.08. The van der Waals surface area contributed by atoms with Crippen molar-refractivity contribution < 1.29 is 45.8 Å². The Hall–Kier alpha value is -3.10. The van der Waals surface area contributed by atoms with Gasteiger partial charge in [-0.25, -0.2) is 19.6 Å². The third-order valence-corrected chi connectivity index (χ3v) is 4.85. The second-order valence-electron chi connectivity index (χ2n) is 6.69. The normalized spacial score (nSPS) is 13.7. The monoisotopic (exact) mass is 544 g/mol. The first-order valence-corrected chi connectivity index (χ1v) is 9.59. The van der Waals surface area contributed by atoms with E-state index in [9.17, 15) is 35.9 Å². The number of rotatable bonds is 3. The molecule has 5 N–H and O–H groups in total. The van der Waals surface area contributed by atoms with Crippen molar-refractivity contribution in [3.8, 4) is 0 Å². The minimum absolute atomic E-state index is 0.205. The summed E-state index contributed by atoms with van der Waals surface area (Å²) in [5, 5.41) is 8.76. The molecule has 0 aromatic carbocycles. The van der Waals surface area contributed by atoms with E-state index in [1.165, 1.54) is 0 Å². The zero-order chi connectivity index (χ0) is 25.3. The number of halogens is 7.